The van der Waals surface area contributed by atoms with Gasteiger partial charge in [-0.25, -0.2) is 0 Å². The highest BCUT2D eigenvalue weighted by atomic mass is 32.2. The number of aromatic hydroxyl groups is 2. The molecule has 1 aliphatic rings. The molecule has 2 N–H and O–H groups in total. The second-order valence-corrected chi connectivity index (χ2v) is 8.66. The molecule has 8 heteroatoms. The number of carbonyl (C=O) groups is 1. The summed E-state index contributed by atoms with van der Waals surface area (Å²) >= 11 is 1.31. The Morgan fingerprint density at radius 1 is 0.968 bits per heavy atom. The number of aromatic nitrogens is 3. The van der Waals surface area contributed by atoms with Crippen molar-refractivity contribution in [3.8, 4) is 11.5 Å². The van der Waals surface area contributed by atoms with Crippen molar-refractivity contribution in [1.82, 2.24) is 19.7 Å². The number of piperidine rings is 1. The third-order valence-electron chi connectivity index (χ3n) is 5.40. The quantitative estimate of drug-likeness (QED) is 0.409. The maximum Gasteiger partial charge on any atom is 0.192 e. The van der Waals surface area contributed by atoms with Crippen molar-refractivity contribution in [2.45, 2.75) is 37.5 Å². The Morgan fingerprint density at radius 2 is 1.74 bits per heavy atom. The average Bonchev–Trinajstić information content (AvgIpc) is 3.14. The van der Waals surface area contributed by atoms with Gasteiger partial charge >= 0.3 is 0 Å². The van der Waals surface area contributed by atoms with Gasteiger partial charge in [0.1, 0.15) is 17.3 Å². The fourth-order valence-corrected chi connectivity index (χ4v) is 4.59. The molecule has 4 rings (SSSR count). The van der Waals surface area contributed by atoms with Crippen molar-refractivity contribution in [2.75, 3.05) is 18.8 Å². The Kier molecular flexibility index (Phi) is 6.89. The number of ketones is 1. The summed E-state index contributed by atoms with van der Waals surface area (Å²) in [4.78, 5) is 15.0. The van der Waals surface area contributed by atoms with Crippen molar-refractivity contribution in [2.24, 2.45) is 0 Å². The van der Waals surface area contributed by atoms with E-state index < -0.39 is 0 Å². The van der Waals surface area contributed by atoms with E-state index >= 15 is 0 Å². The van der Waals surface area contributed by atoms with E-state index in [4.69, 9.17) is 0 Å². The van der Waals surface area contributed by atoms with Gasteiger partial charge < -0.3 is 14.8 Å². The van der Waals surface area contributed by atoms with Gasteiger partial charge in [0.2, 0.25) is 0 Å². The maximum atomic E-state index is 12.6. The molecule has 162 valence electrons. The number of thioether (sulfide) groups is 1. The van der Waals surface area contributed by atoms with Crippen LogP contribution in [0.2, 0.25) is 0 Å². The minimum absolute atomic E-state index is 0.0772. The first-order valence-electron chi connectivity index (χ1n) is 10.5. The van der Waals surface area contributed by atoms with Crippen molar-refractivity contribution < 1.29 is 15.0 Å². The van der Waals surface area contributed by atoms with Crippen LogP contribution in [0.15, 0.2) is 53.7 Å². The number of hydrogen-bond donors (Lipinski definition) is 2. The Bertz CT molecular complexity index is 1030. The summed E-state index contributed by atoms with van der Waals surface area (Å²) in [5.74, 6) is 0.492. The predicted octanol–water partition coefficient (Wildman–Crippen LogP) is 3.70. The Hall–Kier alpha value is -2.84. The summed E-state index contributed by atoms with van der Waals surface area (Å²) in [6, 6.07) is 14.1. The molecular weight excluding hydrogens is 412 g/mol. The van der Waals surface area contributed by atoms with Gasteiger partial charge in [-0.15, -0.1) is 10.2 Å². The third-order valence-corrected chi connectivity index (χ3v) is 6.37. The summed E-state index contributed by atoms with van der Waals surface area (Å²) in [5.41, 5.74) is 1.33. The summed E-state index contributed by atoms with van der Waals surface area (Å²) in [5, 5.41) is 28.9. The lowest BCUT2D eigenvalue weighted by Crippen LogP contribution is -2.30. The molecule has 0 unspecified atom stereocenters. The molecule has 2 aromatic carbocycles. The van der Waals surface area contributed by atoms with E-state index in [0.717, 1.165) is 31.0 Å². The SMILES string of the molecule is O=C(CSc1nnc(CN2CCCCC2)n1Cc1ccccc1)c1ccc(O)cc1O. The van der Waals surface area contributed by atoms with E-state index in [1.54, 1.807) is 0 Å². The normalized spacial score (nSPS) is 14.6. The molecule has 31 heavy (non-hydrogen) atoms. The molecule has 0 aliphatic carbocycles. The lowest BCUT2D eigenvalue weighted by atomic mass is 10.1. The standard InChI is InChI=1S/C23H26N4O3S/c28-18-9-10-19(20(29)13-18)21(30)16-31-23-25-24-22(15-26-11-5-2-6-12-26)27(23)14-17-7-3-1-4-8-17/h1,3-4,7-10,13,28-29H,2,5-6,11-12,14-16H2. The number of phenols is 2. The summed E-state index contributed by atoms with van der Waals surface area (Å²) < 4.78 is 2.08. The van der Waals surface area contributed by atoms with Gasteiger partial charge in [-0.3, -0.25) is 9.69 Å². The Morgan fingerprint density at radius 3 is 2.48 bits per heavy atom. The van der Waals surface area contributed by atoms with Crippen LogP contribution in [0.25, 0.3) is 0 Å². The van der Waals surface area contributed by atoms with E-state index in [1.165, 1.54) is 49.2 Å². The van der Waals surface area contributed by atoms with Gasteiger partial charge in [0.05, 0.1) is 24.4 Å². The van der Waals surface area contributed by atoms with Crippen LogP contribution >= 0.6 is 11.8 Å². The zero-order valence-corrected chi connectivity index (χ0v) is 18.1. The first-order valence-corrected chi connectivity index (χ1v) is 11.4. The van der Waals surface area contributed by atoms with Crippen molar-refractivity contribution >= 4 is 17.5 Å². The zero-order valence-electron chi connectivity index (χ0n) is 17.3. The number of carbonyl (C=O) groups excluding carboxylic acids is 1. The minimum Gasteiger partial charge on any atom is -0.508 e. The third kappa shape index (κ3) is 5.45. The van der Waals surface area contributed by atoms with Crippen molar-refractivity contribution in [1.29, 1.82) is 0 Å². The van der Waals surface area contributed by atoms with Crippen LogP contribution in [-0.2, 0) is 13.1 Å². The number of nitrogens with zero attached hydrogens (tertiary/aromatic N) is 4. The average molecular weight is 439 g/mol. The van der Waals surface area contributed by atoms with Crippen LogP contribution in [0.4, 0.5) is 0 Å². The second-order valence-electron chi connectivity index (χ2n) is 7.72. The fourth-order valence-electron chi connectivity index (χ4n) is 3.75. The molecule has 0 radical (unpaired) electrons. The Balaban J connectivity index is 1.52. The number of rotatable bonds is 8. The number of Topliss-reactive ketones (excluding diaryl/α,β-unsaturated/α-hetero) is 1. The van der Waals surface area contributed by atoms with Crippen LogP contribution in [0, 0.1) is 0 Å². The largest absolute Gasteiger partial charge is 0.508 e. The van der Waals surface area contributed by atoms with Gasteiger partial charge in [0.15, 0.2) is 10.9 Å². The van der Waals surface area contributed by atoms with Crippen LogP contribution < -0.4 is 0 Å². The molecule has 0 amide bonds. The highest BCUT2D eigenvalue weighted by Crippen LogP contribution is 2.26. The van der Waals surface area contributed by atoms with Gasteiger partial charge in [-0.1, -0.05) is 48.5 Å². The molecule has 0 bridgehead atoms. The van der Waals surface area contributed by atoms with Gasteiger partial charge in [0.25, 0.3) is 0 Å². The van der Waals surface area contributed by atoms with Gasteiger partial charge in [-0.05, 0) is 43.6 Å². The predicted molar refractivity (Wildman–Crippen MR) is 120 cm³/mol. The van der Waals surface area contributed by atoms with E-state index in [2.05, 4.69) is 31.8 Å². The molecule has 3 aromatic rings. The van der Waals surface area contributed by atoms with Crippen LogP contribution in [0.3, 0.4) is 0 Å². The second kappa shape index (κ2) is 9.98. The highest BCUT2D eigenvalue weighted by molar-refractivity contribution is 7.99. The number of hydrogen-bond acceptors (Lipinski definition) is 7. The molecule has 7 nitrogen and oxygen atoms in total. The van der Waals surface area contributed by atoms with Crippen molar-refractivity contribution in [3.63, 3.8) is 0 Å². The molecular formula is C23H26N4O3S. The molecule has 1 aliphatic heterocycles. The van der Waals surface area contributed by atoms with Crippen LogP contribution in [-0.4, -0.2) is 54.5 Å². The molecule has 1 fully saturated rings. The van der Waals surface area contributed by atoms with E-state index in [1.807, 2.05) is 18.2 Å². The van der Waals surface area contributed by atoms with E-state index in [0.29, 0.717) is 11.7 Å². The maximum absolute atomic E-state index is 12.6. The molecule has 0 saturated carbocycles. The molecule has 2 heterocycles. The van der Waals surface area contributed by atoms with Gasteiger partial charge in [-0.2, -0.15) is 0 Å². The van der Waals surface area contributed by atoms with Crippen LogP contribution in [0.1, 0.15) is 41.0 Å². The lowest BCUT2D eigenvalue weighted by molar-refractivity contribution is 0.102. The fraction of sp³-hybridized carbons (Fsp3) is 0.348. The molecule has 1 saturated heterocycles. The summed E-state index contributed by atoms with van der Waals surface area (Å²) in [7, 11) is 0. The monoisotopic (exact) mass is 438 g/mol. The lowest BCUT2D eigenvalue weighted by Gasteiger charge is -2.26. The minimum atomic E-state index is -0.227. The first-order chi connectivity index (χ1) is 15.1. The smallest absolute Gasteiger partial charge is 0.192 e. The number of benzene rings is 2. The van der Waals surface area contributed by atoms with Gasteiger partial charge in [0, 0.05) is 6.07 Å². The molecule has 0 spiro atoms. The number of phenolic OH excluding ortho intramolecular Hbond substituents is 2. The highest BCUT2D eigenvalue weighted by Gasteiger charge is 2.20. The Labute approximate surface area is 185 Å². The summed E-state index contributed by atoms with van der Waals surface area (Å²) in [6.45, 7) is 3.52. The molecule has 1 aromatic heterocycles. The van der Waals surface area contributed by atoms with E-state index in [-0.39, 0.29) is 28.6 Å². The topological polar surface area (TPSA) is 91.5 Å². The first kappa shape index (κ1) is 21.4. The van der Waals surface area contributed by atoms with Crippen molar-refractivity contribution in [3.05, 3.63) is 65.5 Å². The van der Waals surface area contributed by atoms with E-state index in [9.17, 15) is 15.0 Å². The number of likely N-dealkylation sites (tertiary alicyclic amines) is 1. The molecule has 0 atom stereocenters. The summed E-state index contributed by atoms with van der Waals surface area (Å²) in [6.07, 6.45) is 3.69. The zero-order chi connectivity index (χ0) is 21.6. The van der Waals surface area contributed by atoms with Crippen LogP contribution in [0.5, 0.6) is 11.5 Å².